The molecule has 2 aromatic rings. The summed E-state index contributed by atoms with van der Waals surface area (Å²) in [4.78, 5) is 26.4. The zero-order valence-electron chi connectivity index (χ0n) is 13.8. The molecule has 0 radical (unpaired) electrons. The third-order valence-corrected chi connectivity index (χ3v) is 3.90. The summed E-state index contributed by atoms with van der Waals surface area (Å²) in [5, 5.41) is 6.95. The van der Waals surface area contributed by atoms with Gasteiger partial charge >= 0.3 is 0 Å². The molecule has 1 N–H and O–H groups in total. The number of carbonyl (C=O) groups excluding carboxylic acids is 2. The van der Waals surface area contributed by atoms with E-state index in [-0.39, 0.29) is 18.4 Å². The van der Waals surface area contributed by atoms with Crippen molar-refractivity contribution in [1.29, 1.82) is 0 Å². The number of hydrogen-bond donors (Lipinski definition) is 1. The van der Waals surface area contributed by atoms with Crippen LogP contribution in [-0.2, 0) is 4.79 Å². The van der Waals surface area contributed by atoms with Crippen molar-refractivity contribution >= 4 is 40.8 Å². The Morgan fingerprint density at radius 2 is 1.92 bits per heavy atom. The third kappa shape index (κ3) is 6.07. The van der Waals surface area contributed by atoms with E-state index in [4.69, 9.17) is 23.2 Å². The van der Waals surface area contributed by atoms with Crippen molar-refractivity contribution < 1.29 is 14.1 Å². The van der Waals surface area contributed by atoms with Gasteiger partial charge in [-0.05, 0) is 24.6 Å². The number of benzene rings is 1. The first kappa shape index (κ1) is 19.3. The fraction of sp³-hybridized carbons (Fsp3) is 0.353. The largest absolute Gasteiger partial charge is 0.363 e. The molecule has 1 aromatic heterocycles. The van der Waals surface area contributed by atoms with Gasteiger partial charge in [0.2, 0.25) is 5.91 Å². The molecule has 0 unspecified atom stereocenters. The molecule has 0 aliphatic heterocycles. The highest BCUT2D eigenvalue weighted by molar-refractivity contribution is 6.35. The molecule has 25 heavy (non-hydrogen) atoms. The van der Waals surface area contributed by atoms with E-state index in [0.29, 0.717) is 28.0 Å². The Kier molecular flexibility index (Phi) is 7.28. The number of amides is 2. The highest BCUT2D eigenvalue weighted by atomic mass is 35.5. The first-order valence-electron chi connectivity index (χ1n) is 7.95. The molecule has 8 heteroatoms. The molecule has 1 aromatic carbocycles. The summed E-state index contributed by atoms with van der Waals surface area (Å²) in [5.41, 5.74) is 0.350. The van der Waals surface area contributed by atoms with Crippen molar-refractivity contribution in [1.82, 2.24) is 10.1 Å². The SMILES string of the molecule is CCCCCN(CC(=O)Nc1ccon1)C(=O)c1cc(Cl)cc(Cl)c1. The Morgan fingerprint density at radius 1 is 1.20 bits per heavy atom. The number of halogens is 2. The standard InChI is InChI=1S/C17H19Cl2N3O3/c1-2-3-4-6-22(11-16(23)20-15-5-7-25-21-15)17(24)12-8-13(18)10-14(19)9-12/h5,7-10H,2-4,6,11H2,1H3,(H,20,21,23). The number of hydrogen-bond acceptors (Lipinski definition) is 4. The summed E-state index contributed by atoms with van der Waals surface area (Å²) >= 11 is 11.9. The second kappa shape index (κ2) is 9.44. The lowest BCUT2D eigenvalue weighted by molar-refractivity contribution is -0.117. The van der Waals surface area contributed by atoms with Gasteiger partial charge < -0.3 is 14.7 Å². The van der Waals surface area contributed by atoms with Crippen molar-refractivity contribution in [3.63, 3.8) is 0 Å². The summed E-state index contributed by atoms with van der Waals surface area (Å²) in [5.74, 6) is -0.348. The molecule has 1 heterocycles. The van der Waals surface area contributed by atoms with Crippen LogP contribution in [0.5, 0.6) is 0 Å². The molecule has 0 saturated carbocycles. The van der Waals surface area contributed by atoms with Gasteiger partial charge in [0.05, 0.1) is 0 Å². The van der Waals surface area contributed by atoms with Gasteiger partial charge in [0.1, 0.15) is 12.8 Å². The van der Waals surface area contributed by atoms with Crippen LogP contribution < -0.4 is 5.32 Å². The van der Waals surface area contributed by atoms with E-state index >= 15 is 0 Å². The van der Waals surface area contributed by atoms with Crippen molar-refractivity contribution in [2.75, 3.05) is 18.4 Å². The maximum absolute atomic E-state index is 12.8. The van der Waals surface area contributed by atoms with Crippen molar-refractivity contribution in [2.45, 2.75) is 26.2 Å². The fourth-order valence-corrected chi connectivity index (χ4v) is 2.82. The van der Waals surface area contributed by atoms with Gasteiger partial charge in [0, 0.05) is 28.2 Å². The Labute approximate surface area is 156 Å². The minimum Gasteiger partial charge on any atom is -0.363 e. The lowest BCUT2D eigenvalue weighted by atomic mass is 10.1. The Bertz CT molecular complexity index is 700. The molecule has 0 fully saturated rings. The number of unbranched alkanes of at least 4 members (excludes halogenated alkanes) is 2. The van der Waals surface area contributed by atoms with E-state index < -0.39 is 0 Å². The van der Waals surface area contributed by atoms with Gasteiger partial charge in [-0.15, -0.1) is 0 Å². The molecule has 134 valence electrons. The maximum Gasteiger partial charge on any atom is 0.254 e. The number of nitrogens with one attached hydrogen (secondary N) is 1. The quantitative estimate of drug-likeness (QED) is 0.691. The van der Waals surface area contributed by atoms with Gasteiger partial charge in [0.25, 0.3) is 5.91 Å². The molecule has 0 spiro atoms. The highest BCUT2D eigenvalue weighted by Gasteiger charge is 2.20. The molecule has 2 rings (SSSR count). The van der Waals surface area contributed by atoms with Crippen molar-refractivity contribution in [3.05, 3.63) is 46.1 Å². The molecule has 0 aliphatic rings. The zero-order chi connectivity index (χ0) is 18.2. The third-order valence-electron chi connectivity index (χ3n) is 3.47. The predicted molar refractivity (Wildman–Crippen MR) is 97.0 cm³/mol. The second-order valence-electron chi connectivity index (χ2n) is 5.52. The maximum atomic E-state index is 12.8. The average Bonchev–Trinajstić information content (AvgIpc) is 3.05. The lowest BCUT2D eigenvalue weighted by Crippen LogP contribution is -2.38. The number of anilines is 1. The van der Waals surface area contributed by atoms with E-state index in [1.54, 1.807) is 6.07 Å². The first-order chi connectivity index (χ1) is 12.0. The van der Waals surface area contributed by atoms with E-state index in [0.717, 1.165) is 19.3 Å². The summed E-state index contributed by atoms with van der Waals surface area (Å²) in [6, 6.07) is 6.16. The second-order valence-corrected chi connectivity index (χ2v) is 6.40. The fourth-order valence-electron chi connectivity index (χ4n) is 2.30. The summed E-state index contributed by atoms with van der Waals surface area (Å²) in [6.07, 6.45) is 4.13. The highest BCUT2D eigenvalue weighted by Crippen LogP contribution is 2.20. The Balaban J connectivity index is 2.10. The van der Waals surface area contributed by atoms with Crippen LogP contribution in [0.15, 0.2) is 35.1 Å². The molecular weight excluding hydrogens is 365 g/mol. The predicted octanol–water partition coefficient (Wildman–Crippen LogP) is 4.25. The number of rotatable bonds is 8. The average molecular weight is 384 g/mol. The molecule has 0 saturated heterocycles. The zero-order valence-corrected chi connectivity index (χ0v) is 15.3. The topological polar surface area (TPSA) is 75.4 Å². The van der Waals surface area contributed by atoms with Gasteiger partial charge in [-0.3, -0.25) is 9.59 Å². The number of nitrogens with zero attached hydrogens (tertiary/aromatic N) is 2. The molecule has 0 aliphatic carbocycles. The number of carbonyl (C=O) groups is 2. The van der Waals surface area contributed by atoms with Crippen LogP contribution in [0.25, 0.3) is 0 Å². The minimum atomic E-state index is -0.355. The van der Waals surface area contributed by atoms with Crippen LogP contribution >= 0.6 is 23.2 Å². The van der Waals surface area contributed by atoms with Crippen LogP contribution in [0.1, 0.15) is 36.5 Å². The van der Waals surface area contributed by atoms with Gasteiger partial charge in [-0.1, -0.05) is 48.1 Å². The molecule has 0 bridgehead atoms. The minimum absolute atomic E-state index is 0.0977. The van der Waals surface area contributed by atoms with E-state index in [9.17, 15) is 9.59 Å². The van der Waals surface area contributed by atoms with Crippen LogP contribution in [0.3, 0.4) is 0 Å². The Hall–Kier alpha value is -2.05. The van der Waals surface area contributed by atoms with Crippen molar-refractivity contribution in [2.24, 2.45) is 0 Å². The molecule has 0 atom stereocenters. The van der Waals surface area contributed by atoms with Crippen LogP contribution in [0, 0.1) is 0 Å². The normalized spacial score (nSPS) is 10.5. The monoisotopic (exact) mass is 383 g/mol. The van der Waals surface area contributed by atoms with E-state index in [1.807, 2.05) is 0 Å². The van der Waals surface area contributed by atoms with Crippen LogP contribution in [0.4, 0.5) is 5.82 Å². The van der Waals surface area contributed by atoms with Gasteiger partial charge in [-0.25, -0.2) is 0 Å². The number of aromatic nitrogens is 1. The van der Waals surface area contributed by atoms with E-state index in [2.05, 4.69) is 21.9 Å². The Morgan fingerprint density at radius 3 is 2.52 bits per heavy atom. The summed E-state index contributed by atoms with van der Waals surface area (Å²) in [7, 11) is 0. The lowest BCUT2D eigenvalue weighted by Gasteiger charge is -2.22. The van der Waals surface area contributed by atoms with Crippen molar-refractivity contribution in [3.8, 4) is 0 Å². The van der Waals surface area contributed by atoms with E-state index in [1.165, 1.54) is 29.4 Å². The summed E-state index contributed by atoms with van der Waals surface area (Å²) < 4.78 is 4.67. The van der Waals surface area contributed by atoms with Gasteiger partial charge in [-0.2, -0.15) is 0 Å². The van der Waals surface area contributed by atoms with Gasteiger partial charge in [0.15, 0.2) is 5.82 Å². The molecule has 2 amide bonds. The molecular formula is C17H19Cl2N3O3. The molecule has 6 nitrogen and oxygen atoms in total. The van der Waals surface area contributed by atoms with Crippen LogP contribution in [-0.4, -0.2) is 35.0 Å². The first-order valence-corrected chi connectivity index (χ1v) is 8.70. The smallest absolute Gasteiger partial charge is 0.254 e. The summed E-state index contributed by atoms with van der Waals surface area (Å²) in [6.45, 7) is 2.43. The van der Waals surface area contributed by atoms with Crippen LogP contribution in [0.2, 0.25) is 10.0 Å².